The number of rotatable bonds is 2. The van der Waals surface area contributed by atoms with E-state index in [0.717, 1.165) is 16.1 Å². The second kappa shape index (κ2) is 4.01. The molecule has 0 amide bonds. The van der Waals surface area contributed by atoms with Crippen molar-refractivity contribution in [3.05, 3.63) is 40.8 Å². The SMILES string of the molecule is C=c1cc(NC(C)C)c(=C)c2ccccc12. The van der Waals surface area contributed by atoms with E-state index in [1.807, 2.05) is 12.1 Å². The first-order valence-corrected chi connectivity index (χ1v) is 5.56. The molecule has 0 aromatic heterocycles. The van der Waals surface area contributed by atoms with Gasteiger partial charge in [-0.3, -0.25) is 0 Å². The molecular formula is C15H17N. The lowest BCUT2D eigenvalue weighted by Crippen LogP contribution is -2.20. The van der Waals surface area contributed by atoms with Crippen LogP contribution in [-0.2, 0) is 0 Å². The summed E-state index contributed by atoms with van der Waals surface area (Å²) in [4.78, 5) is 0. The summed E-state index contributed by atoms with van der Waals surface area (Å²) in [5.41, 5.74) is 1.08. The summed E-state index contributed by atoms with van der Waals surface area (Å²) < 4.78 is 0. The maximum absolute atomic E-state index is 4.15. The van der Waals surface area contributed by atoms with E-state index in [1.54, 1.807) is 0 Å². The molecule has 0 aliphatic heterocycles. The van der Waals surface area contributed by atoms with Gasteiger partial charge in [0.1, 0.15) is 0 Å². The fourth-order valence-corrected chi connectivity index (χ4v) is 1.95. The highest BCUT2D eigenvalue weighted by atomic mass is 14.9. The van der Waals surface area contributed by atoms with Crippen molar-refractivity contribution in [2.75, 3.05) is 5.32 Å². The van der Waals surface area contributed by atoms with Gasteiger partial charge in [-0.15, -0.1) is 0 Å². The molecule has 0 aliphatic rings. The molecule has 2 rings (SSSR count). The summed E-state index contributed by atoms with van der Waals surface area (Å²) in [7, 11) is 0. The van der Waals surface area contributed by atoms with E-state index in [-0.39, 0.29) is 0 Å². The first-order chi connectivity index (χ1) is 7.59. The molecule has 0 atom stereocenters. The molecule has 0 fully saturated rings. The predicted octanol–water partition coefficient (Wildman–Crippen LogP) is 2.48. The van der Waals surface area contributed by atoms with Crippen LogP contribution in [0.2, 0.25) is 0 Å². The summed E-state index contributed by atoms with van der Waals surface area (Å²) in [6.07, 6.45) is 0. The lowest BCUT2D eigenvalue weighted by atomic mass is 10.1. The average Bonchev–Trinajstić information content (AvgIpc) is 2.25. The second-order valence-electron chi connectivity index (χ2n) is 4.41. The van der Waals surface area contributed by atoms with E-state index in [2.05, 4.69) is 50.5 Å². The zero-order valence-corrected chi connectivity index (χ0v) is 9.88. The molecule has 2 aromatic carbocycles. The van der Waals surface area contributed by atoms with Gasteiger partial charge in [-0.2, -0.15) is 0 Å². The minimum atomic E-state index is 0.404. The highest BCUT2D eigenvalue weighted by Gasteiger charge is 2.01. The van der Waals surface area contributed by atoms with Crippen LogP contribution in [0, 0.1) is 0 Å². The van der Waals surface area contributed by atoms with E-state index in [0.29, 0.717) is 6.04 Å². The average molecular weight is 211 g/mol. The summed E-state index contributed by atoms with van der Waals surface area (Å²) in [6, 6.07) is 10.7. The molecule has 0 radical (unpaired) electrons. The first-order valence-electron chi connectivity index (χ1n) is 5.56. The van der Waals surface area contributed by atoms with Crippen molar-refractivity contribution >= 4 is 29.6 Å². The summed E-state index contributed by atoms with van der Waals surface area (Å²) in [5, 5.41) is 7.86. The summed E-state index contributed by atoms with van der Waals surface area (Å²) in [5.74, 6) is 0. The van der Waals surface area contributed by atoms with Crippen LogP contribution in [0.1, 0.15) is 13.8 Å². The van der Waals surface area contributed by atoms with Gasteiger partial charge in [0.25, 0.3) is 0 Å². The number of hydrogen-bond acceptors (Lipinski definition) is 1. The fourth-order valence-electron chi connectivity index (χ4n) is 1.95. The third-order valence-electron chi connectivity index (χ3n) is 2.69. The molecule has 0 aliphatic carbocycles. The Hall–Kier alpha value is -1.76. The van der Waals surface area contributed by atoms with Crippen molar-refractivity contribution < 1.29 is 0 Å². The van der Waals surface area contributed by atoms with E-state index < -0.39 is 0 Å². The van der Waals surface area contributed by atoms with Gasteiger partial charge in [-0.25, -0.2) is 0 Å². The second-order valence-corrected chi connectivity index (χ2v) is 4.41. The van der Waals surface area contributed by atoms with Gasteiger partial charge in [0.15, 0.2) is 0 Å². The van der Waals surface area contributed by atoms with Crippen molar-refractivity contribution in [3.8, 4) is 0 Å². The minimum absolute atomic E-state index is 0.404. The van der Waals surface area contributed by atoms with E-state index >= 15 is 0 Å². The molecule has 0 spiro atoms. The van der Waals surface area contributed by atoms with Gasteiger partial charge < -0.3 is 5.32 Å². The Morgan fingerprint density at radius 2 is 1.69 bits per heavy atom. The topological polar surface area (TPSA) is 12.0 Å². The smallest absolute Gasteiger partial charge is 0.0422 e. The maximum Gasteiger partial charge on any atom is 0.0422 e. The van der Waals surface area contributed by atoms with Gasteiger partial charge in [-0.1, -0.05) is 37.4 Å². The Labute approximate surface area is 96.1 Å². The Kier molecular flexibility index (Phi) is 2.69. The van der Waals surface area contributed by atoms with Crippen LogP contribution >= 0.6 is 0 Å². The molecule has 1 N–H and O–H groups in total. The lowest BCUT2D eigenvalue weighted by molar-refractivity contribution is 0.898. The minimum Gasteiger partial charge on any atom is -0.382 e. The summed E-state index contributed by atoms with van der Waals surface area (Å²) >= 11 is 0. The normalized spacial score (nSPS) is 10.9. The van der Waals surface area contributed by atoms with Crippen LogP contribution in [0.4, 0.5) is 5.69 Å². The number of anilines is 1. The Morgan fingerprint density at radius 3 is 2.31 bits per heavy atom. The number of fused-ring (bicyclic) bond motifs is 1. The molecule has 1 nitrogen and oxygen atoms in total. The zero-order valence-electron chi connectivity index (χ0n) is 9.88. The van der Waals surface area contributed by atoms with E-state index in [1.165, 1.54) is 10.8 Å². The molecule has 0 saturated heterocycles. The van der Waals surface area contributed by atoms with Gasteiger partial charge in [0, 0.05) is 11.7 Å². The standard InChI is InChI=1S/C15H17N/c1-10(2)16-15-9-11(3)13-7-5-6-8-14(13)12(15)4/h5-10,16H,3-4H2,1-2H3. The van der Waals surface area contributed by atoms with Gasteiger partial charge >= 0.3 is 0 Å². The fraction of sp³-hybridized carbons (Fsp3) is 0.200. The van der Waals surface area contributed by atoms with Crippen LogP contribution in [0.25, 0.3) is 23.9 Å². The molecule has 1 heteroatoms. The van der Waals surface area contributed by atoms with Crippen molar-refractivity contribution in [3.63, 3.8) is 0 Å². The zero-order chi connectivity index (χ0) is 11.7. The monoisotopic (exact) mass is 211 g/mol. The van der Waals surface area contributed by atoms with Crippen LogP contribution in [-0.4, -0.2) is 6.04 Å². The third kappa shape index (κ3) is 1.81. The Bertz CT molecular complexity index is 611. The quantitative estimate of drug-likeness (QED) is 0.804. The first kappa shape index (κ1) is 10.7. The molecule has 0 unspecified atom stereocenters. The molecule has 16 heavy (non-hydrogen) atoms. The van der Waals surface area contributed by atoms with Crippen LogP contribution in [0.5, 0.6) is 0 Å². The van der Waals surface area contributed by atoms with Crippen molar-refractivity contribution in [2.45, 2.75) is 19.9 Å². The largest absolute Gasteiger partial charge is 0.382 e. The van der Waals surface area contributed by atoms with Crippen LogP contribution in [0.15, 0.2) is 30.3 Å². The Morgan fingerprint density at radius 1 is 1.06 bits per heavy atom. The number of nitrogens with one attached hydrogen (secondary N) is 1. The lowest BCUT2D eigenvalue weighted by Gasteiger charge is -2.12. The third-order valence-corrected chi connectivity index (χ3v) is 2.69. The number of hydrogen-bond donors (Lipinski definition) is 1. The van der Waals surface area contributed by atoms with Crippen LogP contribution in [0.3, 0.4) is 0 Å². The molecule has 82 valence electrons. The van der Waals surface area contributed by atoms with Crippen molar-refractivity contribution in [1.29, 1.82) is 0 Å². The molecule has 0 heterocycles. The van der Waals surface area contributed by atoms with Gasteiger partial charge in [0.2, 0.25) is 0 Å². The molecule has 2 aromatic rings. The van der Waals surface area contributed by atoms with Gasteiger partial charge in [-0.05, 0) is 41.1 Å². The highest BCUT2D eigenvalue weighted by molar-refractivity contribution is 5.87. The van der Waals surface area contributed by atoms with Crippen molar-refractivity contribution in [1.82, 2.24) is 0 Å². The maximum atomic E-state index is 4.15. The highest BCUT2D eigenvalue weighted by Crippen LogP contribution is 2.09. The van der Waals surface area contributed by atoms with Gasteiger partial charge in [0.05, 0.1) is 0 Å². The van der Waals surface area contributed by atoms with Crippen molar-refractivity contribution in [2.24, 2.45) is 0 Å². The Balaban J connectivity index is 2.76. The molecular weight excluding hydrogens is 194 g/mol. The predicted molar refractivity (Wildman–Crippen MR) is 73.0 cm³/mol. The van der Waals surface area contributed by atoms with E-state index in [4.69, 9.17) is 0 Å². The van der Waals surface area contributed by atoms with Crippen LogP contribution < -0.4 is 15.8 Å². The summed E-state index contributed by atoms with van der Waals surface area (Å²) in [6.45, 7) is 12.5. The molecule has 0 saturated carbocycles. The van der Waals surface area contributed by atoms with E-state index in [9.17, 15) is 0 Å². The molecule has 0 bridgehead atoms. The number of benzene rings is 2.